The van der Waals surface area contributed by atoms with Crippen molar-refractivity contribution < 1.29 is 122 Å². The van der Waals surface area contributed by atoms with Crippen molar-refractivity contribution >= 4 is 107 Å². The second kappa shape index (κ2) is 75.4. The van der Waals surface area contributed by atoms with Crippen molar-refractivity contribution in [2.75, 3.05) is 98.0 Å². The molecule has 0 saturated carbocycles. The largest absolute Gasteiger partial charge is 0.481 e. The summed E-state index contributed by atoms with van der Waals surface area (Å²) in [6.45, 7) is 15.8. The fraction of sp³-hybridized carbons (Fsp3) is 0.812. The smallest absolute Gasteiger partial charge is 0.407 e. The van der Waals surface area contributed by atoms with Crippen LogP contribution in [0.25, 0.3) is 0 Å². The zero-order valence-electron chi connectivity index (χ0n) is 60.1. The van der Waals surface area contributed by atoms with E-state index in [0.717, 1.165) is 77.0 Å². The first kappa shape index (κ1) is 107. The summed E-state index contributed by atoms with van der Waals surface area (Å²) in [5.41, 5.74) is 11.6. The van der Waals surface area contributed by atoms with E-state index in [4.69, 9.17) is 52.3 Å². The number of carboxylic acid groups (broad SMARTS) is 8. The number of unbranched alkanes of at least 4 members (excludes halogenated alkanes) is 8. The number of thioether (sulfide) groups is 3. The van der Waals surface area contributed by atoms with Crippen LogP contribution in [0.3, 0.4) is 0 Å². The minimum absolute atomic E-state index is 0.0476. The topological polar surface area (TPSA) is 489 Å². The third-order valence-corrected chi connectivity index (χ3v) is 15.3. The molecule has 0 aliphatic carbocycles. The lowest BCUT2D eigenvalue weighted by molar-refractivity contribution is -0.144. The van der Waals surface area contributed by atoms with E-state index in [1.165, 1.54) is 47.3 Å². The highest BCUT2D eigenvalue weighted by molar-refractivity contribution is 7.99. The quantitative estimate of drug-likeness (QED) is 0.0254. The molecule has 568 valence electrons. The molecule has 0 heterocycles. The number of methoxy groups -OCH3 is 5. The van der Waals surface area contributed by atoms with Crippen LogP contribution in [0.4, 0.5) is 4.79 Å². The van der Waals surface area contributed by atoms with Gasteiger partial charge in [-0.1, -0.05) is 119 Å². The van der Waals surface area contributed by atoms with E-state index in [9.17, 15) is 57.5 Å². The molecule has 32 heteroatoms. The van der Waals surface area contributed by atoms with E-state index in [2.05, 4.69) is 62.0 Å². The average Bonchev–Trinajstić information content (AvgIpc) is 1.21. The third-order valence-electron chi connectivity index (χ3n) is 12.9. The highest BCUT2D eigenvalue weighted by Gasteiger charge is 2.26. The Morgan fingerprint density at radius 1 is 0.385 bits per heavy atom. The van der Waals surface area contributed by atoms with Crippen molar-refractivity contribution in [3.63, 3.8) is 0 Å². The van der Waals surface area contributed by atoms with Crippen LogP contribution in [-0.4, -0.2) is 234 Å². The number of hydrogen-bond acceptors (Lipinski definition) is 22. The molecule has 0 aromatic carbocycles. The summed E-state index contributed by atoms with van der Waals surface area (Å²) < 4.78 is 22.7. The van der Waals surface area contributed by atoms with Crippen LogP contribution in [-0.2, 0) is 76.4 Å². The number of ether oxygens (including phenoxy) is 5. The highest BCUT2D eigenvalue weighted by atomic mass is 32.2. The molecule has 0 rings (SSSR count). The van der Waals surface area contributed by atoms with Crippen molar-refractivity contribution in [3.8, 4) is 0 Å². The van der Waals surface area contributed by atoms with Gasteiger partial charge in [-0.25, -0.2) is 14.4 Å². The summed E-state index contributed by atoms with van der Waals surface area (Å²) in [6.07, 6.45) is 19.7. The molecular weight excluding hydrogens is 1320 g/mol. The first-order chi connectivity index (χ1) is 45.0. The van der Waals surface area contributed by atoms with Gasteiger partial charge in [0.25, 0.3) is 0 Å². The molecule has 0 saturated heterocycles. The Hall–Kier alpha value is -5.35. The molecule has 0 spiro atoms. The maximum Gasteiger partial charge on any atom is 0.407 e. The number of nitrogens with two attached hydrogens (primary N) is 2. The number of Topliss-reactive ketones (excluding diaryl/α,β-unsaturated/α-hetero) is 2. The van der Waals surface area contributed by atoms with Crippen LogP contribution < -0.4 is 22.1 Å². The molecule has 10 unspecified atom stereocenters. The van der Waals surface area contributed by atoms with Gasteiger partial charge in [-0.2, -0.15) is 35.3 Å². The van der Waals surface area contributed by atoms with E-state index in [1.807, 2.05) is 12.5 Å². The SMILES string of the molecule is CCCCCC(N)C(=O)CC(CCCCC)C(=O)O.CCCCCC(N)C(=O)CC(CCCCC)C(=O)O.COC(=O)NC(CSC)C(=O)O.COCC(C)C(=O)O.COCC(C)C(=O)O.COCCC(=O)NC(COC)C(=O)O.CSCC(C)C(=O)O.CSCC(C)C(=O)O. The fourth-order valence-electron chi connectivity index (χ4n) is 6.88. The van der Waals surface area contributed by atoms with Crippen molar-refractivity contribution in [1.29, 1.82) is 0 Å². The summed E-state index contributed by atoms with van der Waals surface area (Å²) in [4.78, 5) is 129. The Morgan fingerprint density at radius 2 is 0.698 bits per heavy atom. The highest BCUT2D eigenvalue weighted by Crippen LogP contribution is 2.18. The molecule has 2 amide bonds. The van der Waals surface area contributed by atoms with Crippen LogP contribution >= 0.6 is 35.3 Å². The Bertz CT molecular complexity index is 1890. The van der Waals surface area contributed by atoms with Gasteiger partial charge >= 0.3 is 53.8 Å². The minimum Gasteiger partial charge on any atom is -0.481 e. The number of amides is 2. The number of alkyl carbamates (subject to hydrolysis) is 1. The lowest BCUT2D eigenvalue weighted by Crippen LogP contribution is -2.44. The maximum atomic E-state index is 11.9. The molecule has 0 aliphatic heterocycles. The van der Waals surface area contributed by atoms with Gasteiger partial charge in [0, 0.05) is 65.0 Å². The number of carbonyl (C=O) groups excluding carboxylic acids is 4. The van der Waals surface area contributed by atoms with Gasteiger partial charge in [0.1, 0.15) is 17.6 Å². The lowest BCUT2D eigenvalue weighted by Gasteiger charge is -2.15. The van der Waals surface area contributed by atoms with Crippen LogP contribution in [0.2, 0.25) is 0 Å². The molecule has 0 aliphatic rings. The predicted octanol–water partition coefficient (Wildman–Crippen LogP) is 8.51. The van der Waals surface area contributed by atoms with Crippen molar-refractivity contribution in [1.82, 2.24) is 10.6 Å². The van der Waals surface area contributed by atoms with E-state index >= 15 is 0 Å². The van der Waals surface area contributed by atoms with Gasteiger partial charge in [0.05, 0.1) is 81.1 Å². The normalized spacial score (nSPS) is 13.2. The zero-order chi connectivity index (χ0) is 76.2. The number of rotatable bonds is 47. The summed E-state index contributed by atoms with van der Waals surface area (Å²) in [7, 11) is 7.00. The second-order valence-corrected chi connectivity index (χ2v) is 24.8. The van der Waals surface area contributed by atoms with E-state index < -0.39 is 89.9 Å². The van der Waals surface area contributed by atoms with Gasteiger partial charge in [0.15, 0.2) is 6.04 Å². The van der Waals surface area contributed by atoms with Crippen molar-refractivity contribution in [3.05, 3.63) is 0 Å². The molecule has 10 atom stereocenters. The molecule has 0 radical (unpaired) electrons. The molecular formula is C64H124N4O25S3. The summed E-state index contributed by atoms with van der Waals surface area (Å²) >= 11 is 4.45. The molecule has 0 aromatic rings. The molecule has 0 aromatic heterocycles. The zero-order valence-corrected chi connectivity index (χ0v) is 62.5. The minimum atomic E-state index is -1.11. The first-order valence-electron chi connectivity index (χ1n) is 32.0. The van der Waals surface area contributed by atoms with Gasteiger partial charge in [-0.05, 0) is 58.3 Å². The third kappa shape index (κ3) is 76.0. The Morgan fingerprint density at radius 3 is 0.917 bits per heavy atom. The summed E-state index contributed by atoms with van der Waals surface area (Å²) in [6, 6.07) is -2.85. The van der Waals surface area contributed by atoms with E-state index in [-0.39, 0.29) is 86.8 Å². The van der Waals surface area contributed by atoms with Crippen molar-refractivity contribution in [2.24, 2.45) is 47.0 Å². The van der Waals surface area contributed by atoms with E-state index in [1.54, 1.807) is 57.5 Å². The Kier molecular flexibility index (Phi) is 83.8. The van der Waals surface area contributed by atoms with Gasteiger partial charge < -0.3 is 86.6 Å². The van der Waals surface area contributed by atoms with Crippen LogP contribution in [0, 0.1) is 35.5 Å². The molecule has 0 fully saturated rings. The number of ketones is 2. The summed E-state index contributed by atoms with van der Waals surface area (Å²) in [5, 5.41) is 73.0. The Labute approximate surface area is 583 Å². The monoisotopic (exact) mass is 1440 g/mol. The fourth-order valence-corrected chi connectivity index (χ4v) is 8.72. The molecule has 29 nitrogen and oxygen atoms in total. The van der Waals surface area contributed by atoms with Gasteiger partial charge in [-0.3, -0.25) is 43.2 Å². The molecule has 0 bridgehead atoms. The van der Waals surface area contributed by atoms with Crippen LogP contribution in [0.5, 0.6) is 0 Å². The maximum absolute atomic E-state index is 11.9. The van der Waals surface area contributed by atoms with Gasteiger partial charge in [-0.15, -0.1) is 0 Å². The number of nitrogens with one attached hydrogen (secondary N) is 2. The van der Waals surface area contributed by atoms with Gasteiger partial charge in [0.2, 0.25) is 5.91 Å². The summed E-state index contributed by atoms with van der Waals surface area (Å²) in [5.74, 6) is -8.09. The van der Waals surface area contributed by atoms with Crippen LogP contribution in [0.1, 0.15) is 177 Å². The predicted molar refractivity (Wildman–Crippen MR) is 375 cm³/mol. The number of carboxylic acids is 8. The number of aliphatic carboxylic acids is 8. The van der Waals surface area contributed by atoms with E-state index in [0.29, 0.717) is 42.9 Å². The molecule has 14 N–H and O–H groups in total. The number of hydrogen-bond donors (Lipinski definition) is 12. The second-order valence-electron chi connectivity index (χ2n) is 22.0. The van der Waals surface area contributed by atoms with Crippen LogP contribution in [0.15, 0.2) is 0 Å². The average molecular weight is 1450 g/mol. The Balaban J connectivity index is -0.000000158. The van der Waals surface area contributed by atoms with Crippen molar-refractivity contribution in [2.45, 2.75) is 202 Å². The molecule has 96 heavy (non-hydrogen) atoms. The first-order valence-corrected chi connectivity index (χ1v) is 36.1. The number of carbonyl (C=O) groups is 12. The lowest BCUT2D eigenvalue weighted by atomic mass is 9.92. The standard InChI is InChI=1S/2C15H29NO3.C8H15NO5.C6H11NO4S.2C5H10O3.2C5H10O2S/c2*1-3-5-7-9-12(15(18)19)11-14(17)13(16)10-8-6-4-2;1-13-4-3-7(10)9-6(5-14-2)8(11)12;1-11-6(10)7-4(3-12-2)5(8)9;4*1-4(3-8-2)5(6)7/h2*12-13H,3-11,16H2,1-2H3,(H,18,19);6H,3-5H2,1-2H3,(H,9,10)(H,11,12);4H,3H2,1-2H3,(H,7,10)(H,8,9);4*4H,3H2,1-2H3,(H,6,7).